The lowest BCUT2D eigenvalue weighted by Gasteiger charge is -2.39. The van der Waals surface area contributed by atoms with Crippen molar-refractivity contribution in [2.75, 3.05) is 7.05 Å². The van der Waals surface area contributed by atoms with Gasteiger partial charge in [0.25, 0.3) is 0 Å². The summed E-state index contributed by atoms with van der Waals surface area (Å²) >= 11 is 0. The number of amides is 1. The molecule has 0 aromatic heterocycles. The van der Waals surface area contributed by atoms with E-state index in [1.54, 1.807) is 11.9 Å². The van der Waals surface area contributed by atoms with Crippen LogP contribution in [0.3, 0.4) is 0 Å². The molecule has 0 aliphatic heterocycles. The molecule has 0 heterocycles. The molecule has 0 radical (unpaired) electrons. The van der Waals surface area contributed by atoms with Crippen molar-refractivity contribution in [2.24, 2.45) is 5.73 Å². The Bertz CT molecular complexity index is 217. The van der Waals surface area contributed by atoms with Crippen molar-refractivity contribution in [1.82, 2.24) is 4.90 Å². The second kappa shape index (κ2) is 3.77. The van der Waals surface area contributed by atoms with Crippen LogP contribution >= 0.6 is 0 Å². The molecule has 1 aliphatic rings. The Balaban J connectivity index is 2.38. The Hall–Kier alpha value is -0.770. The molecule has 1 amide bonds. The van der Waals surface area contributed by atoms with E-state index in [9.17, 15) is 4.79 Å². The largest absolute Gasteiger partial charge is 0.444 e. The summed E-state index contributed by atoms with van der Waals surface area (Å²) in [6, 6.07) is 0.518. The van der Waals surface area contributed by atoms with Gasteiger partial charge in [-0.3, -0.25) is 0 Å². The van der Waals surface area contributed by atoms with E-state index in [0.29, 0.717) is 0 Å². The van der Waals surface area contributed by atoms with E-state index < -0.39 is 5.60 Å². The normalized spacial score (nSPS) is 26.6. The molecule has 4 nitrogen and oxygen atoms in total. The molecule has 4 heteroatoms. The fraction of sp³-hybridized carbons (Fsp3) is 0.900. The summed E-state index contributed by atoms with van der Waals surface area (Å²) in [7, 11) is 1.77. The van der Waals surface area contributed by atoms with Crippen LogP contribution in [0.25, 0.3) is 0 Å². The molecule has 2 N–H and O–H groups in total. The Labute approximate surface area is 85.4 Å². The Morgan fingerprint density at radius 3 is 2.29 bits per heavy atom. The summed E-state index contributed by atoms with van der Waals surface area (Å²) in [5, 5.41) is 0. The molecule has 0 bridgehead atoms. The number of nitrogens with zero attached hydrogens (tertiary/aromatic N) is 1. The van der Waals surface area contributed by atoms with Crippen molar-refractivity contribution < 1.29 is 9.53 Å². The van der Waals surface area contributed by atoms with Crippen molar-refractivity contribution in [2.45, 2.75) is 51.3 Å². The van der Waals surface area contributed by atoms with Crippen molar-refractivity contribution in [1.29, 1.82) is 0 Å². The van der Waals surface area contributed by atoms with E-state index in [2.05, 4.69) is 0 Å². The Morgan fingerprint density at radius 1 is 1.43 bits per heavy atom. The average molecular weight is 200 g/mol. The first-order chi connectivity index (χ1) is 6.29. The molecule has 82 valence electrons. The lowest BCUT2D eigenvalue weighted by atomic mass is 9.87. The molecule has 0 saturated heterocycles. The van der Waals surface area contributed by atoms with Crippen molar-refractivity contribution in [3.05, 3.63) is 0 Å². The predicted octanol–water partition coefficient (Wildman–Crippen LogP) is 1.34. The lowest BCUT2D eigenvalue weighted by molar-refractivity contribution is 0.0123. The number of ether oxygens (including phenoxy) is 1. The van der Waals surface area contributed by atoms with E-state index in [4.69, 9.17) is 10.5 Å². The molecule has 14 heavy (non-hydrogen) atoms. The fourth-order valence-corrected chi connectivity index (χ4v) is 1.43. The van der Waals surface area contributed by atoms with Gasteiger partial charge in [0, 0.05) is 19.1 Å². The van der Waals surface area contributed by atoms with Gasteiger partial charge < -0.3 is 15.4 Å². The highest BCUT2D eigenvalue weighted by molar-refractivity contribution is 5.68. The first kappa shape index (κ1) is 11.3. The average Bonchev–Trinajstić information content (AvgIpc) is 1.94. The van der Waals surface area contributed by atoms with Gasteiger partial charge in [0.2, 0.25) is 0 Å². The minimum Gasteiger partial charge on any atom is -0.444 e. The van der Waals surface area contributed by atoms with E-state index in [1.807, 2.05) is 20.8 Å². The van der Waals surface area contributed by atoms with E-state index in [-0.39, 0.29) is 18.2 Å². The quantitative estimate of drug-likeness (QED) is 0.695. The zero-order chi connectivity index (χ0) is 10.9. The second-order valence-corrected chi connectivity index (χ2v) is 4.98. The molecule has 0 atom stereocenters. The zero-order valence-corrected chi connectivity index (χ0v) is 9.41. The molecule has 1 fully saturated rings. The molecule has 0 unspecified atom stereocenters. The number of hydrogen-bond acceptors (Lipinski definition) is 3. The first-order valence-corrected chi connectivity index (χ1v) is 5.01. The lowest BCUT2D eigenvalue weighted by Crippen LogP contribution is -2.52. The van der Waals surface area contributed by atoms with Crippen LogP contribution in [0.15, 0.2) is 0 Å². The standard InChI is InChI=1S/C10H20N2O2/c1-10(2,3)14-9(13)12(4)8-5-7(11)6-8/h7-8H,5-6,11H2,1-4H3. The molecule has 0 aromatic carbocycles. The smallest absolute Gasteiger partial charge is 0.410 e. The highest BCUT2D eigenvalue weighted by atomic mass is 16.6. The maximum atomic E-state index is 11.6. The van der Waals surface area contributed by atoms with Gasteiger partial charge >= 0.3 is 6.09 Å². The third kappa shape index (κ3) is 2.87. The summed E-state index contributed by atoms with van der Waals surface area (Å²) in [5.41, 5.74) is 5.24. The molecule has 1 saturated carbocycles. The van der Waals surface area contributed by atoms with Gasteiger partial charge in [0.15, 0.2) is 0 Å². The monoisotopic (exact) mass is 200 g/mol. The number of rotatable bonds is 1. The molecule has 0 aromatic rings. The number of carbonyl (C=O) groups is 1. The van der Waals surface area contributed by atoms with E-state index in [0.717, 1.165) is 12.8 Å². The molecular formula is C10H20N2O2. The van der Waals surface area contributed by atoms with Crippen LogP contribution in [0.1, 0.15) is 33.6 Å². The Morgan fingerprint density at radius 2 is 1.93 bits per heavy atom. The topological polar surface area (TPSA) is 55.6 Å². The molecule has 1 aliphatic carbocycles. The first-order valence-electron chi connectivity index (χ1n) is 5.01. The van der Waals surface area contributed by atoms with Crippen LogP contribution in [-0.2, 0) is 4.74 Å². The number of hydrogen-bond donors (Lipinski definition) is 1. The fourth-order valence-electron chi connectivity index (χ4n) is 1.43. The van der Waals surface area contributed by atoms with Gasteiger partial charge in [-0.15, -0.1) is 0 Å². The predicted molar refractivity (Wildman–Crippen MR) is 55.0 cm³/mol. The highest BCUT2D eigenvalue weighted by Crippen LogP contribution is 2.24. The van der Waals surface area contributed by atoms with Gasteiger partial charge in [0.05, 0.1) is 0 Å². The van der Waals surface area contributed by atoms with Crippen LogP contribution in [0.5, 0.6) is 0 Å². The van der Waals surface area contributed by atoms with Gasteiger partial charge in [0.1, 0.15) is 5.60 Å². The van der Waals surface area contributed by atoms with Crippen LogP contribution in [0.2, 0.25) is 0 Å². The maximum Gasteiger partial charge on any atom is 0.410 e. The third-order valence-electron chi connectivity index (χ3n) is 2.38. The summed E-state index contributed by atoms with van der Waals surface area (Å²) in [4.78, 5) is 13.2. The number of nitrogens with two attached hydrogens (primary N) is 1. The maximum absolute atomic E-state index is 11.6. The van der Waals surface area contributed by atoms with Gasteiger partial charge in [-0.1, -0.05) is 0 Å². The van der Waals surface area contributed by atoms with Crippen LogP contribution in [-0.4, -0.2) is 35.7 Å². The van der Waals surface area contributed by atoms with Gasteiger partial charge in [-0.05, 0) is 33.6 Å². The third-order valence-corrected chi connectivity index (χ3v) is 2.38. The van der Waals surface area contributed by atoms with Crippen molar-refractivity contribution >= 4 is 6.09 Å². The van der Waals surface area contributed by atoms with E-state index >= 15 is 0 Å². The molecule has 1 rings (SSSR count). The summed E-state index contributed by atoms with van der Waals surface area (Å²) in [5.74, 6) is 0. The summed E-state index contributed by atoms with van der Waals surface area (Å²) in [6.07, 6.45) is 1.51. The van der Waals surface area contributed by atoms with Gasteiger partial charge in [-0.2, -0.15) is 0 Å². The van der Waals surface area contributed by atoms with Gasteiger partial charge in [-0.25, -0.2) is 4.79 Å². The highest BCUT2D eigenvalue weighted by Gasteiger charge is 2.33. The molecule has 0 spiro atoms. The SMILES string of the molecule is CN(C(=O)OC(C)(C)C)C1CC(N)C1. The van der Waals surface area contributed by atoms with Crippen LogP contribution in [0, 0.1) is 0 Å². The van der Waals surface area contributed by atoms with Crippen molar-refractivity contribution in [3.8, 4) is 0 Å². The van der Waals surface area contributed by atoms with Crippen LogP contribution in [0.4, 0.5) is 4.79 Å². The minimum atomic E-state index is -0.419. The Kier molecular flexibility index (Phi) is 3.04. The number of carbonyl (C=O) groups excluding carboxylic acids is 1. The summed E-state index contributed by atoms with van der Waals surface area (Å²) < 4.78 is 5.24. The van der Waals surface area contributed by atoms with Crippen molar-refractivity contribution in [3.63, 3.8) is 0 Å². The second-order valence-electron chi connectivity index (χ2n) is 4.98. The van der Waals surface area contributed by atoms with Crippen LogP contribution < -0.4 is 5.73 Å². The summed E-state index contributed by atoms with van der Waals surface area (Å²) in [6.45, 7) is 5.60. The van der Waals surface area contributed by atoms with E-state index in [1.165, 1.54) is 0 Å². The zero-order valence-electron chi connectivity index (χ0n) is 9.41. The molecular weight excluding hydrogens is 180 g/mol. The minimum absolute atomic E-state index is 0.255.